The lowest BCUT2D eigenvalue weighted by atomic mass is 10.0. The van der Waals surface area contributed by atoms with E-state index in [0.29, 0.717) is 19.4 Å². The number of unbranched alkanes of at least 4 members (excludes halogenated alkanes) is 37. The highest BCUT2D eigenvalue weighted by molar-refractivity contribution is 5.76. The van der Waals surface area contributed by atoms with Gasteiger partial charge in [0.25, 0.3) is 0 Å². The lowest BCUT2D eigenvalue weighted by molar-refractivity contribution is -0.143. The highest BCUT2D eigenvalue weighted by Crippen LogP contribution is 2.16. The van der Waals surface area contributed by atoms with Crippen LogP contribution in [0.2, 0.25) is 0 Å². The van der Waals surface area contributed by atoms with Crippen LogP contribution >= 0.6 is 0 Å². The molecule has 0 aliphatic carbocycles. The van der Waals surface area contributed by atoms with Gasteiger partial charge in [0.1, 0.15) is 0 Å². The molecule has 0 heterocycles. The van der Waals surface area contributed by atoms with Gasteiger partial charge in [0, 0.05) is 12.8 Å². The van der Waals surface area contributed by atoms with Gasteiger partial charge in [-0.05, 0) is 57.8 Å². The molecular formula is C55H105NO5. The Bertz CT molecular complexity index is 951. The molecule has 0 bridgehead atoms. The average molecular weight is 860 g/mol. The van der Waals surface area contributed by atoms with Crippen molar-refractivity contribution in [2.24, 2.45) is 0 Å². The summed E-state index contributed by atoms with van der Waals surface area (Å²) in [6.45, 7) is 4.87. The Balaban J connectivity index is 3.42. The Morgan fingerprint density at radius 1 is 0.443 bits per heavy atom. The van der Waals surface area contributed by atoms with Gasteiger partial charge >= 0.3 is 5.97 Å². The standard InChI is InChI=1S/C55H105NO5/c1-3-5-7-9-11-13-15-16-17-18-19-20-21-25-29-33-37-41-45-49-55(60)61-50-46-42-38-34-30-26-23-22-24-28-32-36-40-44-48-54(59)56-52(51-57)53(58)47-43-39-35-31-27-14-12-10-8-6-4-2/h16-17,43,47,52-53,57-58H,3-15,18-42,44-46,48-51H2,1-2H3,(H,56,59)/b17-16-,47-43+. The second-order valence-electron chi connectivity index (χ2n) is 18.6. The fourth-order valence-corrected chi connectivity index (χ4v) is 8.27. The van der Waals surface area contributed by atoms with Gasteiger partial charge in [-0.1, -0.05) is 244 Å². The maximum Gasteiger partial charge on any atom is 0.305 e. The van der Waals surface area contributed by atoms with E-state index in [9.17, 15) is 19.8 Å². The maximum atomic E-state index is 12.4. The largest absolute Gasteiger partial charge is 0.466 e. The Labute approximate surface area is 380 Å². The van der Waals surface area contributed by atoms with Crippen molar-refractivity contribution in [2.75, 3.05) is 13.2 Å². The summed E-state index contributed by atoms with van der Waals surface area (Å²) in [5.41, 5.74) is 0. The minimum atomic E-state index is -0.850. The van der Waals surface area contributed by atoms with Crippen molar-refractivity contribution in [1.82, 2.24) is 5.32 Å². The van der Waals surface area contributed by atoms with Crippen LogP contribution < -0.4 is 5.32 Å². The molecule has 1 amide bonds. The number of carbonyl (C=O) groups is 2. The van der Waals surface area contributed by atoms with Crippen LogP contribution in [0.25, 0.3) is 0 Å². The summed E-state index contributed by atoms with van der Waals surface area (Å²) in [5.74, 6) is -0.0837. The third-order valence-electron chi connectivity index (χ3n) is 12.5. The zero-order chi connectivity index (χ0) is 44.4. The van der Waals surface area contributed by atoms with Crippen LogP contribution in [0.4, 0.5) is 0 Å². The second kappa shape index (κ2) is 51.0. The highest BCUT2D eigenvalue weighted by Gasteiger charge is 2.18. The van der Waals surface area contributed by atoms with Crippen LogP contribution in [-0.4, -0.2) is 47.4 Å². The van der Waals surface area contributed by atoms with E-state index in [1.54, 1.807) is 6.08 Å². The van der Waals surface area contributed by atoms with Crippen molar-refractivity contribution in [2.45, 2.75) is 302 Å². The van der Waals surface area contributed by atoms with Crippen LogP contribution in [0.5, 0.6) is 0 Å². The number of ether oxygens (including phenoxy) is 1. The Morgan fingerprint density at radius 3 is 1.16 bits per heavy atom. The smallest absolute Gasteiger partial charge is 0.305 e. The average Bonchev–Trinajstić information content (AvgIpc) is 3.26. The minimum Gasteiger partial charge on any atom is -0.466 e. The number of hydrogen-bond donors (Lipinski definition) is 3. The van der Waals surface area contributed by atoms with E-state index in [-0.39, 0.29) is 18.5 Å². The van der Waals surface area contributed by atoms with E-state index in [1.165, 1.54) is 205 Å². The molecule has 0 aliphatic rings. The second-order valence-corrected chi connectivity index (χ2v) is 18.6. The quantitative estimate of drug-likeness (QED) is 0.0322. The van der Waals surface area contributed by atoms with E-state index in [4.69, 9.17) is 4.74 Å². The van der Waals surface area contributed by atoms with Gasteiger partial charge in [-0.2, -0.15) is 0 Å². The molecule has 6 nitrogen and oxygen atoms in total. The highest BCUT2D eigenvalue weighted by atomic mass is 16.5. The predicted octanol–water partition coefficient (Wildman–Crippen LogP) is 16.3. The molecule has 3 N–H and O–H groups in total. The molecule has 2 atom stereocenters. The van der Waals surface area contributed by atoms with Gasteiger partial charge in [0.2, 0.25) is 5.91 Å². The molecule has 0 aromatic heterocycles. The van der Waals surface area contributed by atoms with Crippen LogP contribution in [-0.2, 0) is 14.3 Å². The van der Waals surface area contributed by atoms with Crippen molar-refractivity contribution in [3.05, 3.63) is 24.3 Å². The lowest BCUT2D eigenvalue weighted by Crippen LogP contribution is -2.45. The van der Waals surface area contributed by atoms with Crippen LogP contribution in [0.15, 0.2) is 24.3 Å². The fraction of sp³-hybridized carbons (Fsp3) is 0.891. The van der Waals surface area contributed by atoms with Gasteiger partial charge in [-0.25, -0.2) is 0 Å². The summed E-state index contributed by atoms with van der Waals surface area (Å²) in [6, 6.07) is -0.634. The van der Waals surface area contributed by atoms with Gasteiger partial charge in [0.15, 0.2) is 0 Å². The van der Waals surface area contributed by atoms with Crippen LogP contribution in [0.1, 0.15) is 290 Å². The number of aliphatic hydroxyl groups is 2. The third kappa shape index (κ3) is 47.7. The molecule has 0 rings (SSSR count). The molecule has 0 fully saturated rings. The molecule has 0 radical (unpaired) electrons. The Kier molecular flexibility index (Phi) is 49.6. The summed E-state index contributed by atoms with van der Waals surface area (Å²) in [4.78, 5) is 24.5. The zero-order valence-electron chi connectivity index (χ0n) is 40.9. The molecule has 0 aromatic carbocycles. The van der Waals surface area contributed by atoms with Gasteiger partial charge < -0.3 is 20.3 Å². The summed E-state index contributed by atoms with van der Waals surface area (Å²) >= 11 is 0. The van der Waals surface area contributed by atoms with E-state index >= 15 is 0 Å². The summed E-state index contributed by atoms with van der Waals surface area (Å²) in [6.07, 6.45) is 60.4. The number of carbonyl (C=O) groups excluding carboxylic acids is 2. The SMILES string of the molecule is CCCCCCCC/C=C\CCCCCCCCCCCC(=O)OCCCCCCCCCCCCCCCCC(=O)NC(CO)C(O)/C=C/CCCCCCCCCCC. The molecule has 0 aliphatic heterocycles. The molecule has 0 saturated carbocycles. The topological polar surface area (TPSA) is 95.9 Å². The normalized spacial score (nSPS) is 12.8. The van der Waals surface area contributed by atoms with Crippen LogP contribution in [0.3, 0.4) is 0 Å². The Hall–Kier alpha value is -1.66. The number of amides is 1. The first kappa shape index (κ1) is 59.3. The molecule has 0 saturated heterocycles. The third-order valence-corrected chi connectivity index (χ3v) is 12.5. The molecule has 0 spiro atoms. The number of hydrogen-bond acceptors (Lipinski definition) is 5. The van der Waals surface area contributed by atoms with Crippen molar-refractivity contribution in [3.63, 3.8) is 0 Å². The molecule has 0 aromatic rings. The van der Waals surface area contributed by atoms with Crippen molar-refractivity contribution < 1.29 is 24.5 Å². The Morgan fingerprint density at radius 2 is 0.770 bits per heavy atom. The molecule has 6 heteroatoms. The summed E-state index contributed by atoms with van der Waals surface area (Å²) < 4.78 is 5.48. The number of rotatable bonds is 50. The van der Waals surface area contributed by atoms with Crippen molar-refractivity contribution in [3.8, 4) is 0 Å². The lowest BCUT2D eigenvalue weighted by Gasteiger charge is -2.20. The monoisotopic (exact) mass is 860 g/mol. The first-order chi connectivity index (χ1) is 30.0. The number of nitrogens with one attached hydrogen (secondary N) is 1. The van der Waals surface area contributed by atoms with E-state index < -0.39 is 12.1 Å². The number of allylic oxidation sites excluding steroid dienone is 3. The van der Waals surface area contributed by atoms with E-state index in [1.807, 2.05) is 6.08 Å². The van der Waals surface area contributed by atoms with Crippen molar-refractivity contribution >= 4 is 11.9 Å². The predicted molar refractivity (Wildman–Crippen MR) is 264 cm³/mol. The van der Waals surface area contributed by atoms with Gasteiger partial charge in [0.05, 0.1) is 25.4 Å². The fourth-order valence-electron chi connectivity index (χ4n) is 8.27. The maximum absolute atomic E-state index is 12.4. The summed E-state index contributed by atoms with van der Waals surface area (Å²) in [7, 11) is 0. The van der Waals surface area contributed by atoms with Crippen LogP contribution in [0, 0.1) is 0 Å². The van der Waals surface area contributed by atoms with E-state index in [2.05, 4.69) is 31.3 Å². The molecule has 360 valence electrons. The first-order valence-electron chi connectivity index (χ1n) is 27.1. The number of aliphatic hydroxyl groups excluding tert-OH is 2. The molecule has 61 heavy (non-hydrogen) atoms. The number of esters is 1. The van der Waals surface area contributed by atoms with Gasteiger partial charge in [-0.15, -0.1) is 0 Å². The minimum absolute atomic E-state index is 0.00416. The summed E-state index contributed by atoms with van der Waals surface area (Å²) in [5, 5.41) is 23.0. The molecule has 2 unspecified atom stereocenters. The first-order valence-corrected chi connectivity index (χ1v) is 27.1. The van der Waals surface area contributed by atoms with E-state index in [0.717, 1.165) is 57.8 Å². The molecular weight excluding hydrogens is 755 g/mol. The van der Waals surface area contributed by atoms with Gasteiger partial charge in [-0.3, -0.25) is 9.59 Å². The zero-order valence-corrected chi connectivity index (χ0v) is 40.9. The van der Waals surface area contributed by atoms with Crippen molar-refractivity contribution in [1.29, 1.82) is 0 Å².